The monoisotopic (exact) mass is 179 g/mol. The molecule has 1 rings (SSSR count). The van der Waals surface area contributed by atoms with Crippen LogP contribution in [0.2, 0.25) is 0 Å². The average Bonchev–Trinajstić information content (AvgIpc) is 2.12. The molecule has 0 saturated carbocycles. The Morgan fingerprint density at radius 2 is 1.69 bits per heavy atom. The average molecular weight is 179 g/mol. The van der Waals surface area contributed by atoms with E-state index in [2.05, 4.69) is 12.2 Å². The molecule has 0 heterocycles. The molecule has 0 atom stereocenters. The lowest BCUT2D eigenvalue weighted by molar-refractivity contribution is 0.0963. The Kier molecular flexibility index (Phi) is 2.71. The summed E-state index contributed by atoms with van der Waals surface area (Å²) in [5.41, 5.74) is 4.33. The van der Waals surface area contributed by atoms with Crippen molar-refractivity contribution in [1.82, 2.24) is 5.32 Å². The van der Waals surface area contributed by atoms with Gasteiger partial charge < -0.3 is 5.32 Å². The van der Waals surface area contributed by atoms with E-state index in [9.17, 15) is 4.79 Å². The number of aryl methyl sites for hydroxylation is 2. The minimum Gasteiger partial charge on any atom is -0.355 e. The maximum Gasteiger partial charge on any atom is 0.251 e. The minimum atomic E-state index is -0.0220. The summed E-state index contributed by atoms with van der Waals surface area (Å²) < 4.78 is 0. The normalized spacial score (nSPS) is 9.85. The van der Waals surface area contributed by atoms with Gasteiger partial charge >= 0.3 is 0 Å². The van der Waals surface area contributed by atoms with Crippen LogP contribution in [0.3, 0.4) is 0 Å². The molecule has 0 aromatic heterocycles. The van der Waals surface area contributed by atoms with Crippen LogP contribution in [0.25, 0.3) is 0 Å². The van der Waals surface area contributed by atoms with Gasteiger partial charge in [-0.15, -0.1) is 0 Å². The number of rotatable bonds is 1. The van der Waals surface area contributed by atoms with E-state index < -0.39 is 0 Å². The van der Waals surface area contributed by atoms with Crippen molar-refractivity contribution in [2.75, 3.05) is 7.05 Å². The predicted octanol–water partition coefficient (Wildman–Crippen LogP) is 2.22. The fourth-order valence-corrected chi connectivity index (χ4v) is 1.31. The van der Waals surface area contributed by atoms with Crippen LogP contribution in [0.15, 0.2) is 12.1 Å². The second-order valence-corrected chi connectivity index (χ2v) is 3.31. The Hall–Kier alpha value is -1.31. The summed E-state index contributed by atoms with van der Waals surface area (Å²) in [5.74, 6) is -0.0220. The lowest BCUT2D eigenvalue weighted by Gasteiger charge is -2.07. The minimum absolute atomic E-state index is 0. The summed E-state index contributed by atoms with van der Waals surface area (Å²) in [6.45, 7) is 6.11. The third-order valence-electron chi connectivity index (χ3n) is 2.42. The first-order valence-corrected chi connectivity index (χ1v) is 4.36. The fraction of sp³-hybridized carbons (Fsp3) is 0.364. The van der Waals surface area contributed by atoms with Gasteiger partial charge in [-0.3, -0.25) is 4.79 Å². The third-order valence-corrected chi connectivity index (χ3v) is 2.42. The molecule has 0 aliphatic rings. The van der Waals surface area contributed by atoms with Crippen LogP contribution in [0.1, 0.15) is 28.5 Å². The van der Waals surface area contributed by atoms with Gasteiger partial charge in [0, 0.05) is 14.0 Å². The highest BCUT2D eigenvalue weighted by Crippen LogP contribution is 2.15. The number of amides is 1. The predicted molar refractivity (Wildman–Crippen MR) is 56.2 cm³/mol. The summed E-state index contributed by atoms with van der Waals surface area (Å²) in [4.78, 5) is 11.3. The van der Waals surface area contributed by atoms with Crippen molar-refractivity contribution in [2.24, 2.45) is 0 Å². The molecule has 0 spiro atoms. The topological polar surface area (TPSA) is 29.1 Å². The smallest absolute Gasteiger partial charge is 0.251 e. The molecule has 0 radical (unpaired) electrons. The van der Waals surface area contributed by atoms with Gasteiger partial charge in [-0.25, -0.2) is 0 Å². The van der Waals surface area contributed by atoms with E-state index in [-0.39, 0.29) is 7.33 Å². The number of carbonyl (C=O) groups excluding carboxylic acids is 1. The lowest BCUT2D eigenvalue weighted by atomic mass is 10.0. The van der Waals surface area contributed by atoms with Crippen LogP contribution >= 0.6 is 0 Å². The first kappa shape index (κ1) is 9.78. The van der Waals surface area contributed by atoms with Crippen LogP contribution < -0.4 is 5.32 Å². The zero-order valence-corrected chi connectivity index (χ0v) is 8.56. The van der Waals surface area contributed by atoms with Crippen molar-refractivity contribution < 1.29 is 6.22 Å². The van der Waals surface area contributed by atoms with Crippen molar-refractivity contribution in [3.05, 3.63) is 34.4 Å². The van der Waals surface area contributed by atoms with E-state index in [0.29, 0.717) is 0 Å². The van der Waals surface area contributed by atoms with E-state index in [1.165, 1.54) is 16.7 Å². The Bertz CT molecular complexity index is 324. The molecule has 2 nitrogen and oxygen atoms in total. The van der Waals surface area contributed by atoms with Gasteiger partial charge in [0.1, 0.15) is 0 Å². The Morgan fingerprint density at radius 1 is 1.23 bits per heavy atom. The number of nitrogens with one attached hydrogen (secondary N) is 1. The summed E-state index contributed by atoms with van der Waals surface area (Å²) >= 11 is 0. The van der Waals surface area contributed by atoms with Gasteiger partial charge in [0.25, 0.3) is 5.91 Å². The van der Waals surface area contributed by atoms with Crippen molar-refractivity contribution in [3.8, 4) is 0 Å². The number of carbonyl (C=O) groups is 1. The third kappa shape index (κ3) is 1.89. The second kappa shape index (κ2) is 3.60. The zero-order chi connectivity index (χ0) is 10.0. The standard InChI is InChI=1S/C11H15NO.H2/c1-7-5-10(11(13)12-4)6-8(2)9(7)3;/h5-6H,1-4H3,(H,12,13);1H. The number of hydrogen-bond donors (Lipinski definition) is 1. The maximum atomic E-state index is 11.3. The first-order valence-electron chi connectivity index (χ1n) is 4.36. The van der Waals surface area contributed by atoms with Gasteiger partial charge in [0.05, 0.1) is 0 Å². The van der Waals surface area contributed by atoms with Gasteiger partial charge in [0.15, 0.2) is 0 Å². The van der Waals surface area contributed by atoms with Gasteiger partial charge in [-0.1, -0.05) is 0 Å². The molecule has 0 fully saturated rings. The van der Waals surface area contributed by atoms with Crippen molar-refractivity contribution in [3.63, 3.8) is 0 Å². The molecule has 0 bridgehead atoms. The molecule has 1 N–H and O–H groups in total. The Balaban J connectivity index is 0.00000169. The SMILES string of the molecule is CNC(=O)c1cc(C)c(C)c(C)c1.[HH]. The molecule has 13 heavy (non-hydrogen) atoms. The molecule has 1 aromatic carbocycles. The molecular weight excluding hydrogens is 162 g/mol. The molecule has 72 valence electrons. The lowest BCUT2D eigenvalue weighted by Crippen LogP contribution is -2.18. The molecule has 0 aliphatic carbocycles. The molecule has 0 unspecified atom stereocenters. The van der Waals surface area contributed by atoms with E-state index in [0.717, 1.165) is 5.56 Å². The summed E-state index contributed by atoms with van der Waals surface area (Å²) in [6, 6.07) is 3.84. The van der Waals surface area contributed by atoms with Gasteiger partial charge in [-0.2, -0.15) is 0 Å². The number of hydrogen-bond acceptors (Lipinski definition) is 1. The summed E-state index contributed by atoms with van der Waals surface area (Å²) in [5, 5.41) is 2.62. The molecule has 1 amide bonds. The van der Waals surface area contributed by atoms with Crippen molar-refractivity contribution in [1.29, 1.82) is 0 Å². The maximum absolute atomic E-state index is 11.3. The van der Waals surface area contributed by atoms with Crippen LogP contribution in [0.5, 0.6) is 0 Å². The Labute approximate surface area is 80.5 Å². The van der Waals surface area contributed by atoms with Crippen LogP contribution in [-0.4, -0.2) is 13.0 Å². The fourth-order valence-electron chi connectivity index (χ4n) is 1.31. The molecule has 0 saturated heterocycles. The van der Waals surface area contributed by atoms with Crippen LogP contribution in [0.4, 0.5) is 0 Å². The van der Waals surface area contributed by atoms with E-state index in [1.807, 2.05) is 26.0 Å². The molecule has 2 heteroatoms. The summed E-state index contributed by atoms with van der Waals surface area (Å²) in [6.07, 6.45) is 0. The Morgan fingerprint density at radius 3 is 2.08 bits per heavy atom. The van der Waals surface area contributed by atoms with Crippen LogP contribution in [0, 0.1) is 20.8 Å². The summed E-state index contributed by atoms with van der Waals surface area (Å²) in [7, 11) is 1.65. The van der Waals surface area contributed by atoms with Crippen molar-refractivity contribution in [2.45, 2.75) is 20.8 Å². The van der Waals surface area contributed by atoms with E-state index in [1.54, 1.807) is 7.05 Å². The van der Waals surface area contributed by atoms with E-state index >= 15 is 0 Å². The second-order valence-electron chi connectivity index (χ2n) is 3.31. The highest BCUT2D eigenvalue weighted by Gasteiger charge is 2.06. The molecule has 0 aliphatic heterocycles. The molecule has 1 aromatic rings. The highest BCUT2D eigenvalue weighted by atomic mass is 16.1. The van der Waals surface area contributed by atoms with Crippen molar-refractivity contribution >= 4 is 5.91 Å². The van der Waals surface area contributed by atoms with Crippen LogP contribution in [-0.2, 0) is 0 Å². The number of benzene rings is 1. The molecular formula is C11H17NO. The quantitative estimate of drug-likeness (QED) is 0.703. The zero-order valence-electron chi connectivity index (χ0n) is 8.56. The first-order chi connectivity index (χ1) is 6.06. The van der Waals surface area contributed by atoms with Gasteiger partial charge in [0.2, 0.25) is 0 Å². The largest absolute Gasteiger partial charge is 0.355 e. The van der Waals surface area contributed by atoms with Gasteiger partial charge in [-0.05, 0) is 49.6 Å². The van der Waals surface area contributed by atoms with E-state index in [4.69, 9.17) is 0 Å². The highest BCUT2D eigenvalue weighted by molar-refractivity contribution is 5.94.